The van der Waals surface area contributed by atoms with E-state index in [1.165, 1.54) is 37.6 Å². The summed E-state index contributed by atoms with van der Waals surface area (Å²) in [7, 11) is 1.52. The van der Waals surface area contributed by atoms with Gasteiger partial charge in [-0.2, -0.15) is 4.98 Å². The maximum absolute atomic E-state index is 12.5. The molecule has 0 unspecified atom stereocenters. The van der Waals surface area contributed by atoms with E-state index in [2.05, 4.69) is 35.2 Å². The Morgan fingerprint density at radius 3 is 2.80 bits per heavy atom. The van der Waals surface area contributed by atoms with Crippen molar-refractivity contribution in [1.29, 1.82) is 0 Å². The first-order valence-corrected chi connectivity index (χ1v) is 8.28. The van der Waals surface area contributed by atoms with E-state index < -0.39 is 5.25 Å². The van der Waals surface area contributed by atoms with Gasteiger partial charge >= 0.3 is 0 Å². The van der Waals surface area contributed by atoms with E-state index in [1.54, 1.807) is 0 Å². The van der Waals surface area contributed by atoms with E-state index >= 15 is 0 Å². The second kappa shape index (κ2) is 7.30. The molecular weight excluding hydrogens is 344 g/mol. The van der Waals surface area contributed by atoms with Gasteiger partial charge in [0.1, 0.15) is 10.5 Å². The highest BCUT2D eigenvalue weighted by Crippen LogP contribution is 2.29. The number of amides is 1. The van der Waals surface area contributed by atoms with Gasteiger partial charge in [0.2, 0.25) is 17.8 Å². The first-order valence-electron chi connectivity index (χ1n) is 7.40. The molecule has 0 aliphatic rings. The number of nitrogens with one attached hydrogen (secondary N) is 2. The molecule has 25 heavy (non-hydrogen) atoms. The Labute approximate surface area is 147 Å². The molecule has 0 aliphatic carbocycles. The molecule has 0 saturated heterocycles. The van der Waals surface area contributed by atoms with E-state index in [4.69, 9.17) is 10.5 Å². The lowest BCUT2D eigenvalue weighted by molar-refractivity contribution is -0.115. The summed E-state index contributed by atoms with van der Waals surface area (Å²) in [5, 5.41) is 2.84. The highest BCUT2D eigenvalue weighted by atomic mass is 32.2. The number of nitrogens with zero attached hydrogens (tertiary/aromatic N) is 5. The Kier molecular flexibility index (Phi) is 4.93. The van der Waals surface area contributed by atoms with E-state index in [-0.39, 0.29) is 17.8 Å². The first kappa shape index (κ1) is 16.9. The van der Waals surface area contributed by atoms with E-state index in [9.17, 15) is 4.79 Å². The molecule has 0 bridgehead atoms. The molecule has 11 heteroatoms. The lowest BCUT2D eigenvalue weighted by Crippen LogP contribution is -2.25. The number of hydrogen-bond acceptors (Lipinski definition) is 9. The second-order valence-electron chi connectivity index (χ2n) is 4.94. The number of thioether (sulfide) groups is 1. The fourth-order valence-electron chi connectivity index (χ4n) is 2.04. The van der Waals surface area contributed by atoms with Crippen LogP contribution in [-0.4, -0.2) is 48.2 Å². The van der Waals surface area contributed by atoms with Crippen LogP contribution in [0.15, 0.2) is 23.7 Å². The Morgan fingerprint density at radius 2 is 2.12 bits per heavy atom. The Morgan fingerprint density at radius 1 is 1.36 bits per heavy atom. The molecule has 0 spiro atoms. The number of nitrogens with two attached hydrogens (primary N) is 1. The number of imidazole rings is 1. The first-order chi connectivity index (χ1) is 12.1. The molecule has 0 aliphatic heterocycles. The number of nitrogen functional groups attached to an aromatic ring is 1. The number of H-pyrrole nitrogens is 1. The maximum Gasteiger partial charge on any atom is 0.240 e. The van der Waals surface area contributed by atoms with Gasteiger partial charge in [-0.3, -0.25) is 10.1 Å². The van der Waals surface area contributed by atoms with Crippen molar-refractivity contribution in [3.63, 3.8) is 0 Å². The number of anilines is 2. The second-order valence-corrected chi connectivity index (χ2v) is 6.13. The van der Waals surface area contributed by atoms with Crippen LogP contribution in [0.3, 0.4) is 0 Å². The van der Waals surface area contributed by atoms with Crippen molar-refractivity contribution in [3.8, 4) is 5.75 Å². The number of rotatable bonds is 6. The minimum Gasteiger partial charge on any atom is -0.494 e. The van der Waals surface area contributed by atoms with Crippen LogP contribution in [0.4, 0.5) is 11.9 Å². The van der Waals surface area contributed by atoms with Crippen LogP contribution >= 0.6 is 11.8 Å². The third-order valence-corrected chi connectivity index (χ3v) is 4.64. The van der Waals surface area contributed by atoms with Crippen LogP contribution in [-0.2, 0) is 4.79 Å². The van der Waals surface area contributed by atoms with Gasteiger partial charge in [0.15, 0.2) is 11.4 Å². The summed E-state index contributed by atoms with van der Waals surface area (Å²) >= 11 is 1.28. The van der Waals surface area contributed by atoms with Crippen molar-refractivity contribution in [3.05, 3.63) is 18.7 Å². The number of aromatic nitrogens is 6. The molecule has 0 radical (unpaired) electrons. The normalized spacial score (nSPS) is 12.1. The van der Waals surface area contributed by atoms with Crippen molar-refractivity contribution in [2.24, 2.45) is 0 Å². The fraction of sp³-hybridized carbons (Fsp3) is 0.286. The topological polar surface area (TPSA) is 145 Å². The van der Waals surface area contributed by atoms with Crippen LogP contribution < -0.4 is 15.8 Å². The minimum absolute atomic E-state index is 0.107. The molecule has 0 aromatic carbocycles. The summed E-state index contributed by atoms with van der Waals surface area (Å²) in [5.41, 5.74) is 6.81. The number of carbonyl (C=O) groups is 1. The molecule has 1 amide bonds. The third kappa shape index (κ3) is 3.76. The molecule has 0 saturated carbocycles. The molecule has 4 N–H and O–H groups in total. The Balaban J connectivity index is 1.76. The predicted octanol–water partition coefficient (Wildman–Crippen LogP) is 1.24. The smallest absolute Gasteiger partial charge is 0.240 e. The van der Waals surface area contributed by atoms with Crippen LogP contribution in [0.25, 0.3) is 11.2 Å². The molecule has 1 atom stereocenters. The molecule has 3 rings (SSSR count). The molecule has 0 fully saturated rings. The van der Waals surface area contributed by atoms with Crippen LogP contribution in [0, 0.1) is 0 Å². The zero-order valence-corrected chi connectivity index (χ0v) is 14.4. The SMILES string of the molecule is CC[C@H](Sc1nc(N)nc2nc[nH]c12)C(=O)Nc1ncc(OC)cn1. The summed E-state index contributed by atoms with van der Waals surface area (Å²) in [6, 6.07) is 0. The Bertz CT molecular complexity index is 882. The number of fused-ring (bicyclic) bond motifs is 1. The van der Waals surface area contributed by atoms with Crippen LogP contribution in [0.1, 0.15) is 13.3 Å². The highest BCUT2D eigenvalue weighted by molar-refractivity contribution is 8.00. The molecular formula is C14H16N8O2S. The number of methoxy groups -OCH3 is 1. The third-order valence-electron chi connectivity index (χ3n) is 3.29. The standard InChI is InChI=1S/C14H16N8O2S/c1-3-8(11(23)21-14-16-4-7(24-2)5-17-14)25-12-9-10(19-6-18-9)20-13(15)22-12/h4-6,8H,3H2,1-2H3,(H,16,17,21,23)(H3,15,18,19,20,22)/t8-/m0/s1. The van der Waals surface area contributed by atoms with E-state index in [1.807, 2.05) is 6.92 Å². The lowest BCUT2D eigenvalue weighted by Gasteiger charge is -2.14. The largest absolute Gasteiger partial charge is 0.494 e. The molecule has 3 aromatic heterocycles. The molecule has 130 valence electrons. The van der Waals surface area contributed by atoms with Gasteiger partial charge in [0.25, 0.3) is 0 Å². The van der Waals surface area contributed by atoms with Gasteiger partial charge in [0, 0.05) is 0 Å². The van der Waals surface area contributed by atoms with Crippen molar-refractivity contribution in [2.75, 3.05) is 18.2 Å². The quantitative estimate of drug-likeness (QED) is 0.436. The van der Waals surface area contributed by atoms with Gasteiger partial charge in [-0.25, -0.2) is 19.9 Å². The van der Waals surface area contributed by atoms with Crippen molar-refractivity contribution in [2.45, 2.75) is 23.6 Å². The summed E-state index contributed by atoms with van der Waals surface area (Å²) < 4.78 is 4.99. The number of carbonyl (C=O) groups excluding carboxylic acids is 1. The summed E-state index contributed by atoms with van der Waals surface area (Å²) in [6.07, 6.45) is 5.05. The van der Waals surface area contributed by atoms with Gasteiger partial charge < -0.3 is 15.5 Å². The van der Waals surface area contributed by atoms with E-state index in [0.717, 1.165) is 0 Å². The maximum atomic E-state index is 12.5. The summed E-state index contributed by atoms with van der Waals surface area (Å²) in [6.45, 7) is 1.90. The predicted molar refractivity (Wildman–Crippen MR) is 93.2 cm³/mol. The van der Waals surface area contributed by atoms with Gasteiger partial charge in [-0.1, -0.05) is 18.7 Å². The zero-order valence-electron chi connectivity index (χ0n) is 13.6. The van der Waals surface area contributed by atoms with Crippen molar-refractivity contribution in [1.82, 2.24) is 29.9 Å². The minimum atomic E-state index is -0.411. The molecule has 3 heterocycles. The van der Waals surface area contributed by atoms with Crippen LogP contribution in [0.2, 0.25) is 0 Å². The average molecular weight is 360 g/mol. The van der Waals surface area contributed by atoms with Gasteiger partial charge in [0.05, 0.1) is 31.1 Å². The van der Waals surface area contributed by atoms with Gasteiger partial charge in [-0.05, 0) is 6.42 Å². The summed E-state index contributed by atoms with van der Waals surface area (Å²) in [4.78, 5) is 35.9. The number of hydrogen-bond donors (Lipinski definition) is 3. The number of ether oxygens (including phenoxy) is 1. The Hall–Kier alpha value is -2.95. The molecule has 10 nitrogen and oxygen atoms in total. The average Bonchev–Trinajstić information content (AvgIpc) is 3.08. The van der Waals surface area contributed by atoms with Crippen LogP contribution in [0.5, 0.6) is 5.75 Å². The monoisotopic (exact) mass is 360 g/mol. The number of aromatic amines is 1. The highest BCUT2D eigenvalue weighted by Gasteiger charge is 2.22. The lowest BCUT2D eigenvalue weighted by atomic mass is 10.3. The zero-order chi connectivity index (χ0) is 17.8. The fourth-order valence-corrected chi connectivity index (χ4v) is 3.06. The molecule has 3 aromatic rings. The summed E-state index contributed by atoms with van der Waals surface area (Å²) in [5.74, 6) is 0.592. The van der Waals surface area contributed by atoms with Crippen molar-refractivity contribution >= 4 is 40.7 Å². The van der Waals surface area contributed by atoms with Crippen molar-refractivity contribution < 1.29 is 9.53 Å². The van der Waals surface area contributed by atoms with Gasteiger partial charge in [-0.15, -0.1) is 0 Å². The van der Waals surface area contributed by atoms with E-state index in [0.29, 0.717) is 28.4 Å².